The quantitative estimate of drug-likeness (QED) is 0.884. The highest BCUT2D eigenvalue weighted by Gasteiger charge is 2.27. The number of carbonyl (C=O) groups is 1. The minimum absolute atomic E-state index is 0.0211. The largest absolute Gasteiger partial charge is 0.353 e. The number of nitrogens with zero attached hydrogens (tertiary/aromatic N) is 4. The first kappa shape index (κ1) is 17.8. The summed E-state index contributed by atoms with van der Waals surface area (Å²) in [5.41, 5.74) is 2.57. The molecule has 0 bridgehead atoms. The second-order valence-corrected chi connectivity index (χ2v) is 7.61. The molecule has 27 heavy (non-hydrogen) atoms. The zero-order valence-electron chi connectivity index (χ0n) is 15.8. The molecule has 1 aliphatic carbocycles. The van der Waals surface area contributed by atoms with Gasteiger partial charge < -0.3 is 15.1 Å². The molecule has 0 unspecified atom stereocenters. The van der Waals surface area contributed by atoms with Crippen LogP contribution in [0, 0.1) is 0 Å². The monoisotopic (exact) mass is 365 g/mol. The maximum Gasteiger partial charge on any atom is 0.317 e. The van der Waals surface area contributed by atoms with Crippen molar-refractivity contribution < 1.29 is 4.79 Å². The average Bonchev–Trinajstić information content (AvgIpc) is 3.58. The summed E-state index contributed by atoms with van der Waals surface area (Å²) in [6.07, 6.45) is 6.36. The van der Waals surface area contributed by atoms with Crippen LogP contribution in [0.4, 0.5) is 10.6 Å². The minimum Gasteiger partial charge on any atom is -0.353 e. The van der Waals surface area contributed by atoms with E-state index in [1.54, 1.807) is 6.20 Å². The van der Waals surface area contributed by atoms with Crippen LogP contribution in [0.1, 0.15) is 42.7 Å². The first-order valence-electron chi connectivity index (χ1n) is 9.83. The van der Waals surface area contributed by atoms with Crippen molar-refractivity contribution in [3.8, 4) is 0 Å². The molecule has 1 N–H and O–H groups in total. The summed E-state index contributed by atoms with van der Waals surface area (Å²) in [7, 11) is 1.89. The van der Waals surface area contributed by atoms with E-state index in [0.29, 0.717) is 6.54 Å². The molecule has 1 aromatic carbocycles. The number of urea groups is 1. The van der Waals surface area contributed by atoms with Crippen LogP contribution in [-0.2, 0) is 6.54 Å². The van der Waals surface area contributed by atoms with Gasteiger partial charge in [0.25, 0.3) is 0 Å². The van der Waals surface area contributed by atoms with Gasteiger partial charge in [0.05, 0.1) is 6.04 Å². The number of anilines is 1. The van der Waals surface area contributed by atoms with Crippen LogP contribution in [0.3, 0.4) is 0 Å². The van der Waals surface area contributed by atoms with Gasteiger partial charge in [-0.25, -0.2) is 4.79 Å². The lowest BCUT2D eigenvalue weighted by molar-refractivity contribution is 0.182. The highest BCUT2D eigenvalue weighted by atomic mass is 16.2. The van der Waals surface area contributed by atoms with E-state index in [0.717, 1.165) is 43.2 Å². The lowest BCUT2D eigenvalue weighted by Crippen LogP contribution is -2.51. The van der Waals surface area contributed by atoms with E-state index in [4.69, 9.17) is 0 Å². The van der Waals surface area contributed by atoms with Crippen molar-refractivity contribution >= 4 is 11.8 Å². The van der Waals surface area contributed by atoms with Gasteiger partial charge in [-0.3, -0.25) is 0 Å². The van der Waals surface area contributed by atoms with E-state index in [1.165, 1.54) is 18.4 Å². The molecule has 2 aliphatic rings. The molecular weight excluding hydrogens is 338 g/mol. The van der Waals surface area contributed by atoms with Crippen molar-refractivity contribution in [1.29, 1.82) is 0 Å². The topological polar surface area (TPSA) is 61.4 Å². The number of nitrogens with one attached hydrogen (secondary N) is 1. The maximum atomic E-state index is 12.6. The zero-order valence-corrected chi connectivity index (χ0v) is 15.8. The molecule has 2 heterocycles. The zero-order chi connectivity index (χ0) is 18.6. The number of amides is 2. The van der Waals surface area contributed by atoms with Crippen molar-refractivity contribution in [2.75, 3.05) is 25.0 Å². The van der Waals surface area contributed by atoms with Gasteiger partial charge in [0.1, 0.15) is 0 Å². The van der Waals surface area contributed by atoms with Gasteiger partial charge in [0.15, 0.2) is 5.82 Å². The molecular formula is C21H27N5O. The number of rotatable bonds is 5. The number of carbonyl (C=O) groups excluding carboxylic acids is 1. The van der Waals surface area contributed by atoms with Gasteiger partial charge >= 0.3 is 6.03 Å². The van der Waals surface area contributed by atoms with E-state index in [1.807, 2.05) is 24.1 Å². The first-order chi connectivity index (χ1) is 13.2. The Morgan fingerprint density at radius 2 is 2.04 bits per heavy atom. The van der Waals surface area contributed by atoms with Gasteiger partial charge in [-0.1, -0.05) is 24.3 Å². The lowest BCUT2D eigenvalue weighted by atomic mass is 10.0. The Morgan fingerprint density at radius 3 is 2.74 bits per heavy atom. The molecule has 0 radical (unpaired) electrons. The van der Waals surface area contributed by atoms with Crippen LogP contribution in [0.2, 0.25) is 0 Å². The molecule has 6 heteroatoms. The van der Waals surface area contributed by atoms with Crippen molar-refractivity contribution in [2.24, 2.45) is 0 Å². The Bertz CT molecular complexity index is 760. The highest BCUT2D eigenvalue weighted by Crippen LogP contribution is 2.39. The lowest BCUT2D eigenvalue weighted by Gasteiger charge is -2.37. The molecule has 1 atom stereocenters. The highest BCUT2D eigenvalue weighted by molar-refractivity contribution is 5.74. The molecule has 142 valence electrons. The summed E-state index contributed by atoms with van der Waals surface area (Å²) < 4.78 is 0. The molecule has 2 amide bonds. The Morgan fingerprint density at radius 1 is 1.22 bits per heavy atom. The van der Waals surface area contributed by atoms with Crippen LogP contribution >= 0.6 is 0 Å². The Labute approximate surface area is 160 Å². The van der Waals surface area contributed by atoms with Gasteiger partial charge in [-0.2, -0.15) is 5.10 Å². The number of piperidine rings is 1. The number of benzene rings is 1. The summed E-state index contributed by atoms with van der Waals surface area (Å²) >= 11 is 0. The smallest absolute Gasteiger partial charge is 0.317 e. The average molecular weight is 365 g/mol. The molecule has 1 aromatic heterocycles. The van der Waals surface area contributed by atoms with Gasteiger partial charge in [-0.05, 0) is 54.9 Å². The summed E-state index contributed by atoms with van der Waals surface area (Å²) in [4.78, 5) is 16.7. The molecule has 1 saturated heterocycles. The number of aromatic nitrogens is 2. The van der Waals surface area contributed by atoms with Crippen LogP contribution in [0.25, 0.3) is 0 Å². The molecule has 2 aromatic rings. The fraction of sp³-hybridized carbons (Fsp3) is 0.476. The first-order valence-corrected chi connectivity index (χ1v) is 9.83. The summed E-state index contributed by atoms with van der Waals surface area (Å²) in [6.45, 7) is 2.31. The Hall–Kier alpha value is -2.63. The van der Waals surface area contributed by atoms with E-state index >= 15 is 0 Å². The molecule has 4 rings (SSSR count). The van der Waals surface area contributed by atoms with Gasteiger partial charge in [0.2, 0.25) is 0 Å². The third-order valence-electron chi connectivity index (χ3n) is 5.62. The second kappa shape index (κ2) is 7.94. The Kier molecular flexibility index (Phi) is 5.23. The van der Waals surface area contributed by atoms with Crippen LogP contribution in [-0.4, -0.2) is 47.3 Å². The van der Waals surface area contributed by atoms with Crippen LogP contribution in [0.15, 0.2) is 42.6 Å². The van der Waals surface area contributed by atoms with Crippen molar-refractivity contribution in [1.82, 2.24) is 20.4 Å². The normalized spacial score (nSPS) is 19.6. The standard InChI is InChI=1S/C21H27N5O/c1-25(19-4-3-13-26(15-19)20-5-2-12-23-24-20)21(27)22-14-16-6-8-17(9-7-16)18-10-11-18/h2,5-9,12,18-19H,3-4,10-11,13-15H2,1H3,(H,22,27)/t19-/m1/s1. The SMILES string of the molecule is CN(C(=O)NCc1ccc(C2CC2)cc1)[C@@H]1CCCN(c2cccnn2)C1. The molecule has 2 fully saturated rings. The molecule has 0 spiro atoms. The minimum atomic E-state index is -0.0211. The fourth-order valence-corrected chi connectivity index (χ4v) is 3.73. The van der Waals surface area contributed by atoms with Crippen LogP contribution < -0.4 is 10.2 Å². The molecule has 6 nitrogen and oxygen atoms in total. The van der Waals surface area contributed by atoms with E-state index < -0.39 is 0 Å². The van der Waals surface area contributed by atoms with Crippen molar-refractivity contribution in [2.45, 2.75) is 44.2 Å². The van der Waals surface area contributed by atoms with Gasteiger partial charge in [0, 0.05) is 32.9 Å². The summed E-state index contributed by atoms with van der Waals surface area (Å²) in [6, 6.07) is 12.7. The van der Waals surface area contributed by atoms with E-state index in [9.17, 15) is 4.79 Å². The number of hydrogen-bond donors (Lipinski definition) is 1. The predicted molar refractivity (Wildman–Crippen MR) is 106 cm³/mol. The Balaban J connectivity index is 1.30. The summed E-state index contributed by atoms with van der Waals surface area (Å²) in [5.74, 6) is 1.65. The second-order valence-electron chi connectivity index (χ2n) is 7.61. The maximum absolute atomic E-state index is 12.6. The van der Waals surface area contributed by atoms with Crippen LogP contribution in [0.5, 0.6) is 0 Å². The van der Waals surface area contributed by atoms with Crippen molar-refractivity contribution in [3.63, 3.8) is 0 Å². The third-order valence-corrected chi connectivity index (χ3v) is 5.62. The van der Waals surface area contributed by atoms with E-state index in [2.05, 4.69) is 44.7 Å². The number of hydrogen-bond acceptors (Lipinski definition) is 4. The van der Waals surface area contributed by atoms with Crippen molar-refractivity contribution in [3.05, 3.63) is 53.7 Å². The summed E-state index contributed by atoms with van der Waals surface area (Å²) in [5, 5.41) is 11.2. The third kappa shape index (κ3) is 4.38. The predicted octanol–water partition coefficient (Wildman–Crippen LogP) is 3.16. The molecule has 1 aliphatic heterocycles. The number of likely N-dealkylation sites (N-methyl/N-ethyl adjacent to an activating group) is 1. The van der Waals surface area contributed by atoms with E-state index in [-0.39, 0.29) is 12.1 Å². The molecule has 1 saturated carbocycles. The van der Waals surface area contributed by atoms with Gasteiger partial charge in [-0.15, -0.1) is 5.10 Å². The fourth-order valence-electron chi connectivity index (χ4n) is 3.73.